The molecule has 0 aliphatic rings. The van der Waals surface area contributed by atoms with Gasteiger partial charge in [0.2, 0.25) is 0 Å². The van der Waals surface area contributed by atoms with Crippen molar-refractivity contribution in [3.63, 3.8) is 0 Å². The summed E-state index contributed by atoms with van der Waals surface area (Å²) < 4.78 is 36.3. The van der Waals surface area contributed by atoms with E-state index in [1.807, 2.05) is 60.0 Å². The lowest BCUT2D eigenvalue weighted by atomic mass is 10.1. The largest absolute Gasteiger partial charge is 0.494 e. The van der Waals surface area contributed by atoms with Gasteiger partial charge < -0.3 is 4.74 Å². The number of ether oxygens (including phenoxy) is 1. The molecule has 0 saturated heterocycles. The summed E-state index contributed by atoms with van der Waals surface area (Å²) in [5.41, 5.74) is 2.15. The molecule has 2 heterocycles. The summed E-state index contributed by atoms with van der Waals surface area (Å²) in [5.74, 6) is 2.84. The van der Waals surface area contributed by atoms with Gasteiger partial charge in [-0.15, -0.1) is 10.2 Å². The van der Waals surface area contributed by atoms with Gasteiger partial charge in [0.05, 0.1) is 17.0 Å². The number of para-hydroxylation sites is 1. The Kier molecular flexibility index (Phi) is 7.58. The molecule has 0 N–H and O–H groups in total. The van der Waals surface area contributed by atoms with Crippen molar-refractivity contribution in [2.45, 2.75) is 37.2 Å². The van der Waals surface area contributed by atoms with Crippen molar-refractivity contribution in [3.05, 3.63) is 85.1 Å². The lowest BCUT2D eigenvalue weighted by Crippen LogP contribution is -2.11. The molecule has 2 aromatic heterocycles. The van der Waals surface area contributed by atoms with Gasteiger partial charge in [-0.1, -0.05) is 62.0 Å². The molecular formula is C29H30N4O3S2. The van der Waals surface area contributed by atoms with Crippen molar-refractivity contribution in [3.8, 4) is 22.8 Å². The van der Waals surface area contributed by atoms with E-state index in [1.54, 1.807) is 48.3 Å². The number of nitrogens with zero attached hydrogens (tertiary/aromatic N) is 4. The van der Waals surface area contributed by atoms with Crippen LogP contribution in [0.2, 0.25) is 0 Å². The lowest BCUT2D eigenvalue weighted by Gasteiger charge is -2.11. The first-order valence-electron chi connectivity index (χ1n) is 12.6. The van der Waals surface area contributed by atoms with E-state index in [1.165, 1.54) is 3.97 Å². The average molecular weight is 547 g/mol. The highest BCUT2D eigenvalue weighted by molar-refractivity contribution is 7.99. The zero-order chi connectivity index (χ0) is 26.7. The SMILES string of the molecule is CCOc1ccc(-n2c(SCCC(C)C)nnc2-c2cn(S(=O)(=O)c3ccccc3)c3ccccc23)cc1. The van der Waals surface area contributed by atoms with Crippen molar-refractivity contribution in [1.29, 1.82) is 0 Å². The van der Waals surface area contributed by atoms with Gasteiger partial charge in [0.1, 0.15) is 5.75 Å². The Hall–Kier alpha value is -3.56. The third kappa shape index (κ3) is 5.08. The standard InChI is InChI=1S/C29H30N4O3S2/c1-4-36-23-16-14-22(15-17-23)33-28(30-31-29(33)37-19-18-21(2)3)26-20-32(27-13-9-8-12-25(26)27)38(34,35)24-10-6-5-7-11-24/h5-17,20-21H,4,18-19H2,1-3H3. The highest BCUT2D eigenvalue weighted by Crippen LogP contribution is 2.36. The zero-order valence-electron chi connectivity index (χ0n) is 21.6. The molecule has 0 aliphatic carbocycles. The summed E-state index contributed by atoms with van der Waals surface area (Å²) in [4.78, 5) is 0.227. The van der Waals surface area contributed by atoms with Crippen LogP contribution < -0.4 is 4.74 Å². The minimum atomic E-state index is -3.82. The van der Waals surface area contributed by atoms with E-state index in [2.05, 4.69) is 24.0 Å². The van der Waals surface area contributed by atoms with Gasteiger partial charge >= 0.3 is 0 Å². The third-order valence-corrected chi connectivity index (χ3v) is 8.83. The summed E-state index contributed by atoms with van der Waals surface area (Å²) in [6, 6.07) is 23.7. The lowest BCUT2D eigenvalue weighted by molar-refractivity contribution is 0.340. The number of hydrogen-bond donors (Lipinski definition) is 0. The maximum Gasteiger partial charge on any atom is 0.268 e. The van der Waals surface area contributed by atoms with Gasteiger partial charge in [0.25, 0.3) is 10.0 Å². The molecule has 0 unspecified atom stereocenters. The van der Waals surface area contributed by atoms with E-state index in [0.717, 1.165) is 34.2 Å². The highest BCUT2D eigenvalue weighted by Gasteiger charge is 2.25. The van der Waals surface area contributed by atoms with Crippen LogP contribution in [0.15, 0.2) is 95.1 Å². The van der Waals surface area contributed by atoms with Crippen LogP contribution in [0.25, 0.3) is 28.0 Å². The van der Waals surface area contributed by atoms with Crippen LogP contribution >= 0.6 is 11.8 Å². The van der Waals surface area contributed by atoms with Crippen molar-refractivity contribution < 1.29 is 13.2 Å². The Bertz CT molecular complexity index is 1640. The van der Waals surface area contributed by atoms with Crippen molar-refractivity contribution in [2.75, 3.05) is 12.4 Å². The minimum Gasteiger partial charge on any atom is -0.494 e. The van der Waals surface area contributed by atoms with Crippen LogP contribution in [0.1, 0.15) is 27.2 Å². The number of rotatable bonds is 10. The molecule has 7 nitrogen and oxygen atoms in total. The molecule has 0 bridgehead atoms. The summed E-state index contributed by atoms with van der Waals surface area (Å²) in [7, 11) is -3.82. The third-order valence-electron chi connectivity index (χ3n) is 6.18. The molecule has 0 radical (unpaired) electrons. The fourth-order valence-corrected chi connectivity index (χ4v) is 6.83. The number of fused-ring (bicyclic) bond motifs is 1. The Labute approximate surface area is 227 Å². The summed E-state index contributed by atoms with van der Waals surface area (Å²) in [5, 5.41) is 10.7. The quantitative estimate of drug-likeness (QED) is 0.182. The first-order valence-corrected chi connectivity index (χ1v) is 15.0. The van der Waals surface area contributed by atoms with Crippen LogP contribution in [-0.2, 0) is 10.0 Å². The maximum atomic E-state index is 13.7. The second-order valence-corrected chi connectivity index (χ2v) is 12.2. The Morgan fingerprint density at radius 1 is 0.921 bits per heavy atom. The predicted octanol–water partition coefficient (Wildman–Crippen LogP) is 6.66. The Balaban J connectivity index is 1.68. The van der Waals surface area contributed by atoms with Crippen LogP contribution in [0.5, 0.6) is 5.75 Å². The monoisotopic (exact) mass is 546 g/mol. The number of thioether (sulfide) groups is 1. The second-order valence-electron chi connectivity index (χ2n) is 9.27. The molecule has 0 amide bonds. The molecule has 0 aliphatic heterocycles. The normalized spacial score (nSPS) is 11.9. The van der Waals surface area contributed by atoms with E-state index >= 15 is 0 Å². The van der Waals surface area contributed by atoms with E-state index in [4.69, 9.17) is 4.74 Å². The minimum absolute atomic E-state index is 0.227. The molecule has 0 atom stereocenters. The van der Waals surface area contributed by atoms with E-state index in [0.29, 0.717) is 29.4 Å². The molecule has 5 aromatic rings. The molecule has 196 valence electrons. The molecule has 0 fully saturated rings. The van der Waals surface area contributed by atoms with Crippen molar-refractivity contribution in [2.24, 2.45) is 5.92 Å². The Morgan fingerprint density at radius 3 is 2.34 bits per heavy atom. The highest BCUT2D eigenvalue weighted by atomic mass is 32.2. The van der Waals surface area contributed by atoms with E-state index in [-0.39, 0.29) is 4.90 Å². The summed E-state index contributed by atoms with van der Waals surface area (Å²) in [6.45, 7) is 6.94. The maximum absolute atomic E-state index is 13.7. The molecule has 38 heavy (non-hydrogen) atoms. The van der Waals surface area contributed by atoms with Gasteiger partial charge in [-0.3, -0.25) is 4.57 Å². The second kappa shape index (κ2) is 11.0. The number of aromatic nitrogens is 4. The molecule has 0 spiro atoms. The first-order chi connectivity index (χ1) is 18.4. The Morgan fingerprint density at radius 2 is 1.63 bits per heavy atom. The van der Waals surface area contributed by atoms with Gasteiger partial charge in [-0.05, 0) is 61.7 Å². The number of hydrogen-bond acceptors (Lipinski definition) is 6. The van der Waals surface area contributed by atoms with Crippen LogP contribution in [0.3, 0.4) is 0 Å². The van der Waals surface area contributed by atoms with Crippen molar-refractivity contribution in [1.82, 2.24) is 18.7 Å². The number of benzene rings is 3. The molecule has 5 rings (SSSR count). The molecular weight excluding hydrogens is 516 g/mol. The predicted molar refractivity (Wildman–Crippen MR) is 153 cm³/mol. The average Bonchev–Trinajstić information content (AvgIpc) is 3.52. The van der Waals surface area contributed by atoms with Gasteiger partial charge in [-0.2, -0.15) is 0 Å². The fraction of sp³-hybridized carbons (Fsp3) is 0.241. The van der Waals surface area contributed by atoms with Crippen LogP contribution in [-0.4, -0.2) is 39.5 Å². The van der Waals surface area contributed by atoms with Crippen LogP contribution in [0, 0.1) is 5.92 Å². The van der Waals surface area contributed by atoms with E-state index in [9.17, 15) is 8.42 Å². The molecule has 9 heteroatoms. The van der Waals surface area contributed by atoms with Crippen molar-refractivity contribution >= 4 is 32.7 Å². The van der Waals surface area contributed by atoms with Crippen LogP contribution in [0.4, 0.5) is 0 Å². The first kappa shape index (κ1) is 26.1. The van der Waals surface area contributed by atoms with Gasteiger partial charge in [0, 0.05) is 28.6 Å². The summed E-state index contributed by atoms with van der Waals surface area (Å²) >= 11 is 1.65. The molecule has 0 saturated carbocycles. The van der Waals surface area contributed by atoms with Gasteiger partial charge in [-0.25, -0.2) is 12.4 Å². The summed E-state index contributed by atoms with van der Waals surface area (Å²) in [6.07, 6.45) is 2.70. The zero-order valence-corrected chi connectivity index (χ0v) is 23.2. The topological polar surface area (TPSA) is 79.0 Å². The van der Waals surface area contributed by atoms with E-state index < -0.39 is 10.0 Å². The fourth-order valence-electron chi connectivity index (χ4n) is 4.25. The molecule has 3 aromatic carbocycles. The smallest absolute Gasteiger partial charge is 0.268 e. The van der Waals surface area contributed by atoms with Gasteiger partial charge in [0.15, 0.2) is 11.0 Å².